The molecule has 0 aromatic carbocycles. The predicted octanol–water partition coefficient (Wildman–Crippen LogP) is 1.38. The van der Waals surface area contributed by atoms with Crippen LogP contribution < -0.4 is 0 Å². The van der Waals surface area contributed by atoms with Gasteiger partial charge in [-0.25, -0.2) is 0 Å². The Bertz CT molecular complexity index is 371. The van der Waals surface area contributed by atoms with Gasteiger partial charge in [-0.1, -0.05) is 24.8 Å². The summed E-state index contributed by atoms with van der Waals surface area (Å²) in [7, 11) is 0. The largest absolute Gasteiger partial charge is 0.480 e. The summed E-state index contributed by atoms with van der Waals surface area (Å²) in [5.41, 5.74) is -1.36. The van der Waals surface area contributed by atoms with Crippen LogP contribution in [-0.2, 0) is 14.3 Å². The average molecular weight is 222 g/mol. The van der Waals surface area contributed by atoms with Crippen LogP contribution in [0.5, 0.6) is 0 Å². The Morgan fingerprint density at radius 2 is 2.31 bits per heavy atom. The molecule has 0 saturated heterocycles. The van der Waals surface area contributed by atoms with Crippen molar-refractivity contribution in [2.45, 2.75) is 12.8 Å². The molecule has 2 bridgehead atoms. The normalized spacial score (nSPS) is 35.0. The number of carboxylic acid groups (broad SMARTS) is 1. The number of carboxylic acids is 1. The summed E-state index contributed by atoms with van der Waals surface area (Å²) >= 11 is 0. The molecule has 0 amide bonds. The second-order valence-corrected chi connectivity index (χ2v) is 4.35. The predicted molar refractivity (Wildman–Crippen MR) is 56.6 cm³/mol. The van der Waals surface area contributed by atoms with Crippen molar-refractivity contribution in [3.8, 4) is 0 Å². The zero-order valence-electron chi connectivity index (χ0n) is 8.89. The lowest BCUT2D eigenvalue weighted by Crippen LogP contribution is -2.44. The average Bonchev–Trinajstić information content (AvgIpc) is 2.85. The Balaban J connectivity index is 2.24. The standard InChI is InChI=1S/C12H14O4/c1-2-5-16-11(15)12(10(13)14)7-8-3-4-9(12)6-8/h2-4,8-9H,1,5-7H2,(H,13,14). The van der Waals surface area contributed by atoms with Gasteiger partial charge in [-0.05, 0) is 18.8 Å². The number of allylic oxidation sites excluding steroid dienone is 2. The molecule has 16 heavy (non-hydrogen) atoms. The summed E-state index contributed by atoms with van der Waals surface area (Å²) in [6.07, 6.45) is 6.37. The fourth-order valence-corrected chi connectivity index (χ4v) is 2.69. The molecule has 3 atom stereocenters. The van der Waals surface area contributed by atoms with Crippen molar-refractivity contribution < 1.29 is 19.4 Å². The number of hydrogen-bond donors (Lipinski definition) is 1. The zero-order valence-corrected chi connectivity index (χ0v) is 8.89. The van der Waals surface area contributed by atoms with Crippen LogP contribution in [0.15, 0.2) is 24.8 Å². The first-order valence-corrected chi connectivity index (χ1v) is 5.31. The van der Waals surface area contributed by atoms with Gasteiger partial charge in [0, 0.05) is 5.92 Å². The van der Waals surface area contributed by atoms with Crippen LogP contribution in [0.25, 0.3) is 0 Å². The van der Waals surface area contributed by atoms with Gasteiger partial charge in [0.2, 0.25) is 0 Å². The fraction of sp³-hybridized carbons (Fsp3) is 0.500. The van der Waals surface area contributed by atoms with Gasteiger partial charge in [-0.2, -0.15) is 0 Å². The maximum absolute atomic E-state index is 11.9. The number of esters is 1. The van der Waals surface area contributed by atoms with Gasteiger partial charge in [0.25, 0.3) is 0 Å². The first-order valence-electron chi connectivity index (χ1n) is 5.31. The summed E-state index contributed by atoms with van der Waals surface area (Å²) < 4.78 is 4.92. The number of ether oxygens (including phenoxy) is 1. The molecule has 4 heteroatoms. The van der Waals surface area contributed by atoms with Crippen LogP contribution >= 0.6 is 0 Å². The second-order valence-electron chi connectivity index (χ2n) is 4.35. The highest BCUT2D eigenvalue weighted by Crippen LogP contribution is 2.53. The van der Waals surface area contributed by atoms with Crippen LogP contribution in [0.2, 0.25) is 0 Å². The van der Waals surface area contributed by atoms with Crippen molar-refractivity contribution in [2.24, 2.45) is 17.3 Å². The van der Waals surface area contributed by atoms with Crippen molar-refractivity contribution >= 4 is 11.9 Å². The first-order chi connectivity index (χ1) is 7.61. The molecule has 1 N–H and O–H groups in total. The van der Waals surface area contributed by atoms with Crippen LogP contribution in [-0.4, -0.2) is 23.7 Å². The van der Waals surface area contributed by atoms with Crippen molar-refractivity contribution in [3.05, 3.63) is 24.8 Å². The van der Waals surface area contributed by atoms with E-state index in [0.29, 0.717) is 6.42 Å². The molecule has 0 spiro atoms. The van der Waals surface area contributed by atoms with E-state index < -0.39 is 17.4 Å². The van der Waals surface area contributed by atoms with Gasteiger partial charge in [-0.3, -0.25) is 9.59 Å². The fourth-order valence-electron chi connectivity index (χ4n) is 2.69. The van der Waals surface area contributed by atoms with Crippen molar-refractivity contribution in [1.82, 2.24) is 0 Å². The van der Waals surface area contributed by atoms with E-state index in [1.807, 2.05) is 12.2 Å². The lowest BCUT2D eigenvalue weighted by molar-refractivity contribution is -0.170. The van der Waals surface area contributed by atoms with E-state index in [1.54, 1.807) is 0 Å². The van der Waals surface area contributed by atoms with E-state index >= 15 is 0 Å². The summed E-state index contributed by atoms with van der Waals surface area (Å²) in [6, 6.07) is 0. The second kappa shape index (κ2) is 3.77. The van der Waals surface area contributed by atoms with E-state index in [9.17, 15) is 14.7 Å². The van der Waals surface area contributed by atoms with Crippen molar-refractivity contribution in [1.29, 1.82) is 0 Å². The first kappa shape index (κ1) is 10.9. The molecule has 1 fully saturated rings. The molecule has 0 aromatic heterocycles. The summed E-state index contributed by atoms with van der Waals surface area (Å²) in [6.45, 7) is 3.50. The van der Waals surface area contributed by atoms with Crippen molar-refractivity contribution in [2.75, 3.05) is 6.61 Å². The third-order valence-electron chi connectivity index (χ3n) is 3.47. The SMILES string of the molecule is C=CCOC(=O)C1(C(=O)O)CC2C=CC1C2. The topological polar surface area (TPSA) is 63.6 Å². The maximum Gasteiger partial charge on any atom is 0.324 e. The minimum atomic E-state index is -1.36. The molecule has 2 aliphatic rings. The van der Waals surface area contributed by atoms with Crippen LogP contribution in [0.4, 0.5) is 0 Å². The maximum atomic E-state index is 11.9. The van der Waals surface area contributed by atoms with Gasteiger partial charge in [0.1, 0.15) is 6.61 Å². The molecule has 86 valence electrons. The summed E-state index contributed by atoms with van der Waals surface area (Å²) in [5.74, 6) is -1.71. The van der Waals surface area contributed by atoms with Crippen LogP contribution in [0.3, 0.4) is 0 Å². The van der Waals surface area contributed by atoms with E-state index in [-0.39, 0.29) is 18.4 Å². The molecule has 2 aliphatic carbocycles. The number of rotatable bonds is 4. The van der Waals surface area contributed by atoms with Crippen LogP contribution in [0.1, 0.15) is 12.8 Å². The highest BCUT2D eigenvalue weighted by molar-refractivity contribution is 6.00. The minimum absolute atomic E-state index is 0.0644. The number of fused-ring (bicyclic) bond motifs is 2. The Labute approximate surface area is 93.6 Å². The van der Waals surface area contributed by atoms with E-state index in [1.165, 1.54) is 6.08 Å². The molecule has 2 rings (SSSR count). The van der Waals surface area contributed by atoms with E-state index in [0.717, 1.165) is 6.42 Å². The Morgan fingerprint density at radius 3 is 2.75 bits per heavy atom. The van der Waals surface area contributed by atoms with Gasteiger partial charge >= 0.3 is 11.9 Å². The molecule has 1 saturated carbocycles. The van der Waals surface area contributed by atoms with Gasteiger partial charge in [0.05, 0.1) is 0 Å². The molecule has 0 aliphatic heterocycles. The van der Waals surface area contributed by atoms with Gasteiger partial charge < -0.3 is 9.84 Å². The molecular weight excluding hydrogens is 208 g/mol. The number of carbonyl (C=O) groups excluding carboxylic acids is 1. The smallest absolute Gasteiger partial charge is 0.324 e. The number of carbonyl (C=O) groups is 2. The summed E-state index contributed by atoms with van der Waals surface area (Å²) in [5, 5.41) is 9.30. The minimum Gasteiger partial charge on any atom is -0.480 e. The lowest BCUT2D eigenvalue weighted by atomic mass is 9.76. The monoisotopic (exact) mass is 222 g/mol. The third-order valence-corrected chi connectivity index (χ3v) is 3.47. The van der Waals surface area contributed by atoms with E-state index in [4.69, 9.17) is 4.74 Å². The Hall–Kier alpha value is -1.58. The molecule has 4 nitrogen and oxygen atoms in total. The third kappa shape index (κ3) is 1.37. The molecular formula is C12H14O4. The molecule has 3 unspecified atom stereocenters. The number of hydrogen-bond acceptors (Lipinski definition) is 3. The van der Waals surface area contributed by atoms with Gasteiger partial charge in [-0.15, -0.1) is 0 Å². The number of aliphatic carboxylic acids is 1. The zero-order chi connectivity index (χ0) is 11.8. The lowest BCUT2D eigenvalue weighted by Gasteiger charge is -2.28. The van der Waals surface area contributed by atoms with E-state index in [2.05, 4.69) is 6.58 Å². The van der Waals surface area contributed by atoms with Crippen molar-refractivity contribution in [3.63, 3.8) is 0 Å². The molecule has 0 aromatic rings. The highest BCUT2D eigenvalue weighted by atomic mass is 16.5. The van der Waals surface area contributed by atoms with Crippen LogP contribution in [0, 0.1) is 17.3 Å². The highest BCUT2D eigenvalue weighted by Gasteiger charge is 2.60. The molecule has 0 heterocycles. The summed E-state index contributed by atoms with van der Waals surface area (Å²) in [4.78, 5) is 23.2. The van der Waals surface area contributed by atoms with Gasteiger partial charge in [0.15, 0.2) is 5.41 Å². The quantitative estimate of drug-likeness (QED) is 0.443. The molecule has 0 radical (unpaired) electrons. The Kier molecular flexibility index (Phi) is 2.58. The Morgan fingerprint density at radius 1 is 1.56 bits per heavy atom.